The number of aliphatic carboxylic acids is 2. The van der Waals surface area contributed by atoms with Gasteiger partial charge in [0.25, 0.3) is 0 Å². The van der Waals surface area contributed by atoms with E-state index >= 15 is 0 Å². The predicted molar refractivity (Wildman–Crippen MR) is 235 cm³/mol. The summed E-state index contributed by atoms with van der Waals surface area (Å²) in [5.41, 5.74) is 4.36. The van der Waals surface area contributed by atoms with Gasteiger partial charge < -0.3 is 60.8 Å². The third kappa shape index (κ3) is 15.6. The first-order valence-electron chi connectivity index (χ1n) is 20.4. The number of hydrogen-bond donors (Lipinski definition) is 6. The Hall–Kier alpha value is -6.72. The highest BCUT2D eigenvalue weighted by Gasteiger charge is 2.27. The molecule has 6 N–H and O–H groups in total. The minimum Gasteiger partial charge on any atom is -0.545 e. The predicted octanol–water partition coefficient (Wildman–Crippen LogP) is 2.12. The van der Waals surface area contributed by atoms with Crippen LogP contribution in [0.25, 0.3) is 0 Å². The third-order valence-corrected chi connectivity index (χ3v) is 9.28. The molecule has 2 unspecified atom stereocenters. The van der Waals surface area contributed by atoms with Gasteiger partial charge >= 0.3 is 0 Å². The Labute approximate surface area is 371 Å². The quantitative estimate of drug-likeness (QED) is 0.0697. The first kappa shape index (κ1) is 49.9. The van der Waals surface area contributed by atoms with Gasteiger partial charge in [0.05, 0.1) is 35.9 Å². The number of aliphatic hydroxyl groups excluding tert-OH is 2. The van der Waals surface area contributed by atoms with Crippen molar-refractivity contribution in [3.63, 3.8) is 0 Å². The lowest BCUT2D eigenvalue weighted by molar-refractivity contribution is -0.301. The molecule has 2 aliphatic heterocycles. The van der Waals surface area contributed by atoms with Crippen molar-refractivity contribution in [2.45, 2.75) is 77.7 Å². The average Bonchev–Trinajstić information content (AvgIpc) is 3.83. The minimum atomic E-state index is -1.55. The number of carboxylic acid groups (broad SMARTS) is 2. The summed E-state index contributed by atoms with van der Waals surface area (Å²) in [6.07, 6.45) is -0.255. The van der Waals surface area contributed by atoms with Crippen LogP contribution in [0.1, 0.15) is 84.5 Å². The number of anilines is 2. The molecule has 6 rings (SSSR count). The normalized spacial score (nSPS) is 13.8. The summed E-state index contributed by atoms with van der Waals surface area (Å²) in [6.45, 7) is 13.0. The van der Waals surface area contributed by atoms with Crippen LogP contribution in [0.5, 0.6) is 11.5 Å². The van der Waals surface area contributed by atoms with E-state index in [2.05, 4.69) is 21.3 Å². The molecule has 2 amide bonds. The fourth-order valence-electron chi connectivity index (χ4n) is 6.25. The lowest BCUT2D eigenvalue weighted by Crippen LogP contribution is -2.42. The van der Waals surface area contributed by atoms with Gasteiger partial charge in [0.1, 0.15) is 36.9 Å². The maximum atomic E-state index is 13.1. The smallest absolute Gasteiger partial charge is 0.228 e. The molecule has 4 aromatic rings. The van der Waals surface area contributed by atoms with Crippen LogP contribution >= 0.6 is 0 Å². The molecular formula is C48H54N4O12-2. The molecule has 0 bridgehead atoms. The molecule has 2 heterocycles. The van der Waals surface area contributed by atoms with E-state index in [-0.39, 0.29) is 60.5 Å². The maximum Gasteiger partial charge on any atom is 0.228 e. The zero-order chi connectivity index (χ0) is 47.2. The summed E-state index contributed by atoms with van der Waals surface area (Å²) in [6, 6.07) is 24.4. The molecular weight excluding hydrogens is 825 g/mol. The highest BCUT2D eigenvalue weighted by atomic mass is 16.5. The molecule has 0 spiro atoms. The minimum absolute atomic E-state index is 0.0698. The molecule has 64 heavy (non-hydrogen) atoms. The number of ether oxygens (including phenoxy) is 2. The Bertz CT molecular complexity index is 2200. The highest BCUT2D eigenvalue weighted by molar-refractivity contribution is 6.15. The number of para-hydroxylation sites is 2. The number of carbonyl (C=O) groups is 6. The van der Waals surface area contributed by atoms with Gasteiger partial charge in [-0.2, -0.15) is 0 Å². The average molecular weight is 879 g/mol. The number of nitrogens with one attached hydrogen (secondary N) is 4. The van der Waals surface area contributed by atoms with Crippen LogP contribution in [0.4, 0.5) is 11.4 Å². The van der Waals surface area contributed by atoms with Crippen molar-refractivity contribution in [2.75, 3.05) is 36.9 Å². The van der Waals surface area contributed by atoms with E-state index in [4.69, 9.17) is 9.47 Å². The molecule has 0 fully saturated rings. The monoisotopic (exact) mass is 878 g/mol. The molecule has 16 nitrogen and oxygen atoms in total. The van der Waals surface area contributed by atoms with Gasteiger partial charge in [-0.1, -0.05) is 48.5 Å². The number of amides is 2. The number of rotatable bonds is 16. The number of aliphatic hydroxyl groups is 2. The Kier molecular flexibility index (Phi) is 17.6. The highest BCUT2D eigenvalue weighted by Crippen LogP contribution is 2.32. The third-order valence-electron chi connectivity index (χ3n) is 9.28. The second-order valence-electron chi connectivity index (χ2n) is 16.9. The summed E-state index contributed by atoms with van der Waals surface area (Å²) < 4.78 is 11.5. The van der Waals surface area contributed by atoms with E-state index in [1.54, 1.807) is 84.9 Å². The van der Waals surface area contributed by atoms with E-state index in [9.17, 15) is 49.2 Å². The van der Waals surface area contributed by atoms with Crippen molar-refractivity contribution >= 4 is 46.7 Å². The summed E-state index contributed by atoms with van der Waals surface area (Å²) in [4.78, 5) is 68.5. The molecule has 340 valence electrons. The standard InChI is InChI=1S/2C22H26N2O4.C4H4O4/c2*1-22(2,3)23-12-14(25)13-28-19-10-5-4-7-16(19)21(27)15-8-6-9-18-17(15)11-20(26)24-18;5-3(6)1-2-4(7)8/h2*4-10,14,23,25H,11-13H2,1-3H3,(H,24,26);1-2H,(H,5,6)(H,7,8)/p-2/b;;2-1+. The maximum absolute atomic E-state index is 13.1. The number of benzene rings is 4. The van der Waals surface area contributed by atoms with Crippen molar-refractivity contribution in [2.24, 2.45) is 0 Å². The van der Waals surface area contributed by atoms with Gasteiger partial charge in [0.15, 0.2) is 11.6 Å². The van der Waals surface area contributed by atoms with E-state index < -0.39 is 24.1 Å². The first-order chi connectivity index (χ1) is 30.1. The number of β-amino-alcohol motifs (C(OH)–C–C–N with tert-alkyl or cyclic N) is 2. The van der Waals surface area contributed by atoms with E-state index in [0.29, 0.717) is 81.5 Å². The van der Waals surface area contributed by atoms with E-state index in [1.165, 1.54) is 0 Å². The molecule has 16 heteroatoms. The summed E-state index contributed by atoms with van der Waals surface area (Å²) in [7, 11) is 0. The number of ketones is 2. The van der Waals surface area contributed by atoms with Crippen molar-refractivity contribution in [1.29, 1.82) is 0 Å². The van der Waals surface area contributed by atoms with Crippen LogP contribution in [0.3, 0.4) is 0 Å². The van der Waals surface area contributed by atoms with E-state index in [1.807, 2.05) is 41.5 Å². The lowest BCUT2D eigenvalue weighted by Gasteiger charge is -2.23. The molecule has 2 aliphatic rings. The van der Waals surface area contributed by atoms with Crippen LogP contribution in [0.15, 0.2) is 97.1 Å². The molecule has 0 radical (unpaired) electrons. The number of fused-ring (bicyclic) bond motifs is 2. The summed E-state index contributed by atoms with van der Waals surface area (Å²) in [5, 5.41) is 51.1. The van der Waals surface area contributed by atoms with E-state index in [0.717, 1.165) is 0 Å². The largest absolute Gasteiger partial charge is 0.545 e. The molecule has 0 saturated carbocycles. The van der Waals surface area contributed by atoms with Crippen LogP contribution in [-0.2, 0) is 32.0 Å². The van der Waals surface area contributed by atoms with Crippen LogP contribution in [0, 0.1) is 0 Å². The van der Waals surface area contributed by atoms with Gasteiger partial charge in [0, 0.05) is 46.7 Å². The molecule has 0 saturated heterocycles. The Morgan fingerprint density at radius 2 is 0.938 bits per heavy atom. The molecule has 0 aliphatic carbocycles. The molecule has 0 aromatic heterocycles. The van der Waals surface area contributed by atoms with Crippen molar-refractivity contribution < 1.29 is 58.7 Å². The SMILES string of the molecule is CC(C)(C)NCC(O)COc1ccccc1C(=O)c1cccc2c1CC(=O)N2.CC(C)(C)NCC(O)COc1ccccc1C(=O)c1cccc2c1CC(=O)N2.O=C([O-])/C=C/C(=O)[O-]. The van der Waals surface area contributed by atoms with Gasteiger partial charge in [-0.15, -0.1) is 0 Å². The fraction of sp³-hybridized carbons (Fsp3) is 0.333. The topological polar surface area (TPSA) is 256 Å². The number of hydrogen-bond acceptors (Lipinski definition) is 14. The van der Waals surface area contributed by atoms with Gasteiger partial charge in [-0.3, -0.25) is 19.2 Å². The Morgan fingerprint density at radius 1 is 0.594 bits per heavy atom. The number of carboxylic acids is 2. The van der Waals surface area contributed by atoms with Gasteiger partial charge in [0.2, 0.25) is 11.8 Å². The lowest BCUT2D eigenvalue weighted by atomic mass is 9.96. The van der Waals surface area contributed by atoms with Crippen LogP contribution in [-0.4, -0.2) is 95.1 Å². The molecule has 4 aromatic carbocycles. The summed E-state index contributed by atoms with van der Waals surface area (Å²) in [5.74, 6) is -2.90. The Morgan fingerprint density at radius 3 is 1.28 bits per heavy atom. The Balaban J connectivity index is 0.000000240. The molecule has 2 atom stereocenters. The van der Waals surface area contributed by atoms with Crippen LogP contribution < -0.4 is 41.0 Å². The van der Waals surface area contributed by atoms with Gasteiger partial charge in [-0.25, -0.2) is 0 Å². The fourth-order valence-corrected chi connectivity index (χ4v) is 6.25. The zero-order valence-corrected chi connectivity index (χ0v) is 36.6. The number of carbonyl (C=O) groups excluding carboxylic acids is 6. The zero-order valence-electron chi connectivity index (χ0n) is 36.6. The first-order valence-corrected chi connectivity index (χ1v) is 20.4. The van der Waals surface area contributed by atoms with Crippen molar-refractivity contribution in [3.8, 4) is 11.5 Å². The second-order valence-corrected chi connectivity index (χ2v) is 16.9. The van der Waals surface area contributed by atoms with Crippen LogP contribution in [0.2, 0.25) is 0 Å². The van der Waals surface area contributed by atoms with Crippen molar-refractivity contribution in [3.05, 3.63) is 130 Å². The second kappa shape index (κ2) is 22.6. The van der Waals surface area contributed by atoms with Gasteiger partial charge in [-0.05, 0) is 101 Å². The van der Waals surface area contributed by atoms with Crippen molar-refractivity contribution in [1.82, 2.24) is 10.6 Å². The summed E-state index contributed by atoms with van der Waals surface area (Å²) >= 11 is 0.